The van der Waals surface area contributed by atoms with Crippen LogP contribution in [0.25, 0.3) is 0 Å². The second-order valence-corrected chi connectivity index (χ2v) is 9.66. The van der Waals surface area contributed by atoms with Crippen LogP contribution in [-0.2, 0) is 35.5 Å². The molecule has 2 aromatic rings. The van der Waals surface area contributed by atoms with E-state index in [2.05, 4.69) is 5.32 Å². The van der Waals surface area contributed by atoms with Crippen molar-refractivity contribution in [2.24, 2.45) is 0 Å². The van der Waals surface area contributed by atoms with Crippen molar-refractivity contribution in [3.05, 3.63) is 59.7 Å². The highest BCUT2D eigenvalue weighted by Crippen LogP contribution is 2.36. The van der Waals surface area contributed by atoms with Gasteiger partial charge in [-0.3, -0.25) is 13.9 Å². The van der Waals surface area contributed by atoms with Crippen molar-refractivity contribution in [3.63, 3.8) is 0 Å². The highest BCUT2D eigenvalue weighted by molar-refractivity contribution is 7.92. The number of benzene rings is 2. The first kappa shape index (κ1) is 25.2. The maximum atomic E-state index is 13.4. The number of hydrogen-bond acceptors (Lipinski definition) is 7. The van der Waals surface area contributed by atoms with Crippen LogP contribution in [0.1, 0.15) is 42.6 Å². The molecule has 182 valence electrons. The molecule has 34 heavy (non-hydrogen) atoms. The molecule has 1 unspecified atom stereocenters. The molecule has 1 aliphatic rings. The monoisotopic (exact) mass is 488 g/mol. The summed E-state index contributed by atoms with van der Waals surface area (Å²) in [5.41, 5.74) is 1.60. The molecule has 0 aliphatic carbocycles. The van der Waals surface area contributed by atoms with Gasteiger partial charge in [0.1, 0.15) is 0 Å². The highest BCUT2D eigenvalue weighted by Gasteiger charge is 2.36. The average molecular weight is 489 g/mol. The Morgan fingerprint density at radius 1 is 1.09 bits per heavy atom. The van der Waals surface area contributed by atoms with Crippen molar-refractivity contribution in [1.82, 2.24) is 5.32 Å². The van der Waals surface area contributed by atoms with Gasteiger partial charge in [-0.05, 0) is 56.5 Å². The molecule has 0 radical (unpaired) electrons. The second kappa shape index (κ2) is 11.1. The van der Waals surface area contributed by atoms with Gasteiger partial charge in [0.05, 0.1) is 22.8 Å². The van der Waals surface area contributed by atoms with Crippen LogP contribution >= 0.6 is 0 Å². The van der Waals surface area contributed by atoms with Gasteiger partial charge in [-0.1, -0.05) is 24.3 Å². The quantitative estimate of drug-likeness (QED) is 0.403. The smallest absolute Gasteiger partial charge is 0.338 e. The van der Waals surface area contributed by atoms with Crippen LogP contribution in [0.2, 0.25) is 0 Å². The SMILES string of the molecule is CCOC(=O)CCCNC(=O)COC(=O)c1cccc(S(=O)(=O)N2c3ccccc3CC2C)c1. The predicted molar refractivity (Wildman–Crippen MR) is 125 cm³/mol. The summed E-state index contributed by atoms with van der Waals surface area (Å²) in [5.74, 6) is -1.68. The van der Waals surface area contributed by atoms with E-state index in [0.717, 1.165) is 5.56 Å². The summed E-state index contributed by atoms with van der Waals surface area (Å²) < 4.78 is 37.9. The van der Waals surface area contributed by atoms with E-state index in [-0.39, 0.29) is 35.4 Å². The zero-order chi connectivity index (χ0) is 24.7. The van der Waals surface area contributed by atoms with Gasteiger partial charge in [-0.15, -0.1) is 0 Å². The van der Waals surface area contributed by atoms with Gasteiger partial charge in [0.2, 0.25) is 0 Å². The molecule has 1 N–H and O–H groups in total. The summed E-state index contributed by atoms with van der Waals surface area (Å²) in [6.07, 6.45) is 1.18. The largest absolute Gasteiger partial charge is 0.466 e. The normalized spacial score (nSPS) is 14.9. The molecule has 0 fully saturated rings. The molecule has 1 amide bonds. The van der Waals surface area contributed by atoms with Crippen LogP contribution in [0.15, 0.2) is 53.4 Å². The van der Waals surface area contributed by atoms with E-state index in [4.69, 9.17) is 9.47 Å². The number of rotatable bonds is 10. The summed E-state index contributed by atoms with van der Waals surface area (Å²) in [5, 5.41) is 2.55. The Bertz CT molecular complexity index is 1160. The van der Waals surface area contributed by atoms with Gasteiger partial charge in [0.15, 0.2) is 6.61 Å². The lowest BCUT2D eigenvalue weighted by Gasteiger charge is -2.24. The minimum absolute atomic E-state index is 0.0244. The Kier molecular flexibility index (Phi) is 8.27. The van der Waals surface area contributed by atoms with Crippen LogP contribution in [0.4, 0.5) is 5.69 Å². The average Bonchev–Trinajstić information content (AvgIpc) is 3.17. The Morgan fingerprint density at radius 2 is 1.85 bits per heavy atom. The number of sulfonamides is 1. The van der Waals surface area contributed by atoms with Gasteiger partial charge in [-0.25, -0.2) is 13.2 Å². The van der Waals surface area contributed by atoms with Gasteiger partial charge >= 0.3 is 11.9 Å². The summed E-state index contributed by atoms with van der Waals surface area (Å²) in [6, 6.07) is 12.6. The molecule has 1 atom stereocenters. The molecule has 0 saturated heterocycles. The zero-order valence-corrected chi connectivity index (χ0v) is 20.0. The number of carbonyl (C=O) groups is 3. The Morgan fingerprint density at radius 3 is 2.62 bits per heavy atom. The van der Waals surface area contributed by atoms with Crippen molar-refractivity contribution in [2.45, 2.75) is 44.0 Å². The number of carbonyl (C=O) groups excluding carboxylic acids is 3. The molecule has 0 bridgehead atoms. The Hall–Kier alpha value is -3.40. The lowest BCUT2D eigenvalue weighted by Crippen LogP contribution is -2.35. The van der Waals surface area contributed by atoms with Crippen molar-refractivity contribution in [1.29, 1.82) is 0 Å². The molecular formula is C24H28N2O7S. The maximum absolute atomic E-state index is 13.4. The molecule has 0 aromatic heterocycles. The van der Waals surface area contributed by atoms with Crippen LogP contribution in [0.5, 0.6) is 0 Å². The molecule has 0 spiro atoms. The predicted octanol–water partition coefficient (Wildman–Crippen LogP) is 2.44. The first-order valence-electron chi connectivity index (χ1n) is 11.1. The molecule has 0 saturated carbocycles. The summed E-state index contributed by atoms with van der Waals surface area (Å²) in [6.45, 7) is 3.56. The topological polar surface area (TPSA) is 119 Å². The standard InChI is InChI=1S/C24H28N2O7S/c1-3-32-23(28)12-7-13-25-22(27)16-33-24(29)19-9-6-10-20(15-19)34(30,31)26-17(2)14-18-8-4-5-11-21(18)26/h4-6,8-11,15,17H,3,7,12-14,16H2,1-2H3,(H,25,27). The van der Waals surface area contributed by atoms with E-state index < -0.39 is 28.5 Å². The zero-order valence-electron chi connectivity index (χ0n) is 19.2. The number of nitrogens with zero attached hydrogens (tertiary/aromatic N) is 1. The van der Waals surface area contributed by atoms with E-state index >= 15 is 0 Å². The molecule has 1 aliphatic heterocycles. The molecule has 10 heteroatoms. The molecule has 3 rings (SSSR count). The van der Waals surface area contributed by atoms with Gasteiger partial charge in [0.25, 0.3) is 15.9 Å². The Balaban J connectivity index is 1.59. The van der Waals surface area contributed by atoms with E-state index in [1.165, 1.54) is 28.6 Å². The minimum atomic E-state index is -3.91. The van der Waals surface area contributed by atoms with Crippen LogP contribution in [-0.4, -0.2) is 52.1 Å². The van der Waals surface area contributed by atoms with Crippen molar-refractivity contribution in [2.75, 3.05) is 24.1 Å². The molecular weight excluding hydrogens is 460 g/mol. The van der Waals surface area contributed by atoms with E-state index in [0.29, 0.717) is 25.1 Å². The number of ether oxygens (including phenoxy) is 2. The number of fused-ring (bicyclic) bond motifs is 1. The lowest BCUT2D eigenvalue weighted by atomic mass is 10.1. The number of nitrogens with one attached hydrogen (secondary N) is 1. The van der Waals surface area contributed by atoms with Crippen LogP contribution in [0, 0.1) is 0 Å². The fourth-order valence-corrected chi connectivity index (χ4v) is 5.50. The van der Waals surface area contributed by atoms with Gasteiger partial charge in [-0.2, -0.15) is 0 Å². The number of esters is 2. The fraction of sp³-hybridized carbons (Fsp3) is 0.375. The third-order valence-corrected chi connectivity index (χ3v) is 7.21. The third-order valence-electron chi connectivity index (χ3n) is 5.29. The summed E-state index contributed by atoms with van der Waals surface area (Å²) in [4.78, 5) is 35.6. The van der Waals surface area contributed by atoms with E-state index in [9.17, 15) is 22.8 Å². The maximum Gasteiger partial charge on any atom is 0.338 e. The summed E-state index contributed by atoms with van der Waals surface area (Å²) >= 11 is 0. The fourth-order valence-electron chi connectivity index (χ4n) is 3.76. The molecule has 1 heterocycles. The van der Waals surface area contributed by atoms with Crippen molar-refractivity contribution >= 4 is 33.6 Å². The van der Waals surface area contributed by atoms with Crippen LogP contribution < -0.4 is 9.62 Å². The third kappa shape index (κ3) is 5.93. The first-order chi connectivity index (χ1) is 16.2. The molecule has 2 aromatic carbocycles. The molecule has 9 nitrogen and oxygen atoms in total. The van der Waals surface area contributed by atoms with E-state index in [1.807, 2.05) is 19.1 Å². The van der Waals surface area contributed by atoms with E-state index in [1.54, 1.807) is 19.1 Å². The summed E-state index contributed by atoms with van der Waals surface area (Å²) in [7, 11) is -3.91. The van der Waals surface area contributed by atoms with Crippen LogP contribution in [0.3, 0.4) is 0 Å². The lowest BCUT2D eigenvalue weighted by molar-refractivity contribution is -0.143. The number of anilines is 1. The first-order valence-corrected chi connectivity index (χ1v) is 12.5. The van der Waals surface area contributed by atoms with Crippen molar-refractivity contribution in [3.8, 4) is 0 Å². The van der Waals surface area contributed by atoms with Gasteiger partial charge < -0.3 is 14.8 Å². The Labute approximate surface area is 199 Å². The second-order valence-electron chi connectivity index (χ2n) is 7.85. The van der Waals surface area contributed by atoms with Crippen molar-refractivity contribution < 1.29 is 32.3 Å². The highest BCUT2D eigenvalue weighted by atomic mass is 32.2. The number of hydrogen-bond donors (Lipinski definition) is 1. The minimum Gasteiger partial charge on any atom is -0.466 e. The van der Waals surface area contributed by atoms with Gasteiger partial charge in [0, 0.05) is 19.0 Å². The number of para-hydroxylation sites is 1. The number of amides is 1.